The maximum absolute atomic E-state index is 13.3. The second kappa shape index (κ2) is 6.83. The van der Waals surface area contributed by atoms with E-state index in [0.29, 0.717) is 16.9 Å². The summed E-state index contributed by atoms with van der Waals surface area (Å²) in [6.07, 6.45) is 4.00. The third-order valence-electron chi connectivity index (χ3n) is 5.08. The molecule has 0 atom stereocenters. The van der Waals surface area contributed by atoms with Crippen LogP contribution in [0.15, 0.2) is 64.0 Å². The summed E-state index contributed by atoms with van der Waals surface area (Å²) in [6, 6.07) is 13.3. The number of rotatable bonds is 3. The summed E-state index contributed by atoms with van der Waals surface area (Å²) in [5.41, 5.74) is 8.88. The fourth-order valence-corrected chi connectivity index (χ4v) is 3.37. The van der Waals surface area contributed by atoms with Crippen LogP contribution in [0.3, 0.4) is 0 Å². The number of hydrogen-bond donors (Lipinski definition) is 1. The highest BCUT2D eigenvalue weighted by Gasteiger charge is 2.15. The first kappa shape index (κ1) is 17.2. The summed E-state index contributed by atoms with van der Waals surface area (Å²) in [5, 5.41) is 5.09. The first-order valence-corrected chi connectivity index (χ1v) is 9.13. The minimum atomic E-state index is -0.102. The number of aromatic nitrogens is 2. The number of fused-ring (bicyclic) bond motifs is 1. The van der Waals surface area contributed by atoms with Gasteiger partial charge < -0.3 is 0 Å². The maximum atomic E-state index is 13.3. The van der Waals surface area contributed by atoms with Crippen molar-refractivity contribution in [3.05, 3.63) is 75.6 Å². The third kappa shape index (κ3) is 3.16. The monoisotopic (exact) mass is 358 g/mol. The van der Waals surface area contributed by atoms with Gasteiger partial charge >= 0.3 is 0 Å². The topological polar surface area (TPSA) is 59.3 Å². The standard InChI is InChI=1S/C22H22N4O/c1-14-11-12-17(13-14)24-25-22-23-19-9-5-4-8-18(19)21(27)26(22)20-10-6-7-15(2)16(20)3/h4-10,13H,11-12H2,1-3H3,(H,23,25)/b24-17+. The molecule has 1 N–H and O–H groups in total. The normalized spacial score (nSPS) is 15.4. The Bertz CT molecular complexity index is 1150. The lowest BCUT2D eigenvalue weighted by molar-refractivity contribution is 0.941. The molecule has 136 valence electrons. The molecule has 5 nitrogen and oxygen atoms in total. The van der Waals surface area contributed by atoms with Crippen molar-refractivity contribution in [2.24, 2.45) is 5.10 Å². The van der Waals surface area contributed by atoms with Crippen LogP contribution in [0.1, 0.15) is 30.9 Å². The van der Waals surface area contributed by atoms with Crippen LogP contribution in [-0.4, -0.2) is 15.3 Å². The molecule has 0 radical (unpaired) electrons. The Morgan fingerprint density at radius 2 is 1.85 bits per heavy atom. The zero-order chi connectivity index (χ0) is 19.0. The molecular weight excluding hydrogens is 336 g/mol. The molecule has 1 aromatic heterocycles. The Morgan fingerprint density at radius 1 is 1.04 bits per heavy atom. The summed E-state index contributed by atoms with van der Waals surface area (Å²) in [6.45, 7) is 6.16. The van der Waals surface area contributed by atoms with Crippen LogP contribution in [0.5, 0.6) is 0 Å². The molecule has 0 spiro atoms. The molecule has 4 rings (SSSR count). The molecule has 0 fully saturated rings. The first-order valence-electron chi connectivity index (χ1n) is 9.13. The van der Waals surface area contributed by atoms with Crippen LogP contribution in [0.2, 0.25) is 0 Å². The Morgan fingerprint density at radius 3 is 2.63 bits per heavy atom. The highest BCUT2D eigenvalue weighted by Crippen LogP contribution is 2.22. The molecule has 0 aliphatic heterocycles. The van der Waals surface area contributed by atoms with Gasteiger partial charge in [-0.1, -0.05) is 29.8 Å². The number of benzene rings is 2. The van der Waals surface area contributed by atoms with Crippen LogP contribution < -0.4 is 11.0 Å². The highest BCUT2D eigenvalue weighted by atomic mass is 16.1. The number of nitrogens with one attached hydrogen (secondary N) is 1. The largest absolute Gasteiger partial charge is 0.268 e. The van der Waals surface area contributed by atoms with Gasteiger partial charge in [0.05, 0.1) is 22.3 Å². The quantitative estimate of drug-likeness (QED) is 0.701. The van der Waals surface area contributed by atoms with Crippen molar-refractivity contribution in [3.8, 4) is 5.69 Å². The third-order valence-corrected chi connectivity index (χ3v) is 5.08. The molecule has 0 saturated heterocycles. The summed E-state index contributed by atoms with van der Waals surface area (Å²) in [5.74, 6) is 0.429. The molecule has 2 aromatic carbocycles. The average molecular weight is 358 g/mol. The Hall–Kier alpha value is -3.21. The molecule has 1 aliphatic carbocycles. The number of hydrogen-bond acceptors (Lipinski definition) is 4. The van der Waals surface area contributed by atoms with Crippen molar-refractivity contribution in [2.75, 3.05) is 5.43 Å². The van der Waals surface area contributed by atoms with Gasteiger partial charge in [0, 0.05) is 0 Å². The van der Waals surface area contributed by atoms with Gasteiger partial charge in [-0.25, -0.2) is 15.0 Å². The Labute approximate surface area is 158 Å². The van der Waals surface area contributed by atoms with E-state index >= 15 is 0 Å². The molecule has 1 aliphatic rings. The molecule has 0 unspecified atom stereocenters. The second-order valence-electron chi connectivity index (χ2n) is 7.02. The highest BCUT2D eigenvalue weighted by molar-refractivity contribution is 5.98. The SMILES string of the molecule is CC1=C/C(=N/Nc2nc3ccccc3c(=O)n2-c2cccc(C)c2C)CC1. The van der Waals surface area contributed by atoms with Gasteiger partial charge in [0.2, 0.25) is 5.95 Å². The molecule has 0 saturated carbocycles. The van der Waals surface area contributed by atoms with Crippen molar-refractivity contribution in [2.45, 2.75) is 33.6 Å². The van der Waals surface area contributed by atoms with Crippen molar-refractivity contribution >= 4 is 22.6 Å². The van der Waals surface area contributed by atoms with Gasteiger partial charge in [-0.05, 0) is 69.0 Å². The summed E-state index contributed by atoms with van der Waals surface area (Å²) in [4.78, 5) is 18.0. The molecule has 3 aromatic rings. The van der Waals surface area contributed by atoms with E-state index in [0.717, 1.165) is 35.4 Å². The zero-order valence-corrected chi connectivity index (χ0v) is 15.8. The van der Waals surface area contributed by atoms with E-state index in [1.807, 2.05) is 56.3 Å². The number of para-hydroxylation sites is 1. The summed E-state index contributed by atoms with van der Waals surface area (Å²) < 4.78 is 1.63. The first-order chi connectivity index (χ1) is 13.0. The van der Waals surface area contributed by atoms with Gasteiger partial charge in [0.15, 0.2) is 0 Å². The summed E-state index contributed by atoms with van der Waals surface area (Å²) in [7, 11) is 0. The lowest BCUT2D eigenvalue weighted by Gasteiger charge is -2.16. The van der Waals surface area contributed by atoms with Gasteiger partial charge in [-0.3, -0.25) is 4.79 Å². The second-order valence-corrected chi connectivity index (χ2v) is 7.02. The Kier molecular flexibility index (Phi) is 4.36. The number of anilines is 1. The lowest BCUT2D eigenvalue weighted by atomic mass is 10.1. The van der Waals surface area contributed by atoms with Crippen LogP contribution in [0.25, 0.3) is 16.6 Å². The number of allylic oxidation sites excluding steroid dienone is 2. The van der Waals surface area contributed by atoms with E-state index in [9.17, 15) is 4.79 Å². The van der Waals surface area contributed by atoms with Crippen molar-refractivity contribution in [1.82, 2.24) is 9.55 Å². The maximum Gasteiger partial charge on any atom is 0.267 e. The van der Waals surface area contributed by atoms with Crippen LogP contribution in [-0.2, 0) is 0 Å². The molecule has 1 heterocycles. The predicted molar refractivity (Wildman–Crippen MR) is 111 cm³/mol. The van der Waals surface area contributed by atoms with E-state index in [1.165, 1.54) is 5.57 Å². The Balaban J connectivity index is 1.93. The smallest absolute Gasteiger partial charge is 0.267 e. The number of nitrogens with zero attached hydrogens (tertiary/aromatic N) is 3. The molecular formula is C22H22N4O. The van der Waals surface area contributed by atoms with E-state index in [-0.39, 0.29) is 5.56 Å². The van der Waals surface area contributed by atoms with Crippen LogP contribution in [0, 0.1) is 13.8 Å². The summed E-state index contributed by atoms with van der Waals surface area (Å²) >= 11 is 0. The average Bonchev–Trinajstić information content (AvgIpc) is 3.08. The fraction of sp³-hybridized carbons (Fsp3) is 0.227. The fourth-order valence-electron chi connectivity index (χ4n) is 3.37. The predicted octanol–water partition coefficient (Wildman–Crippen LogP) is 4.51. The molecule has 27 heavy (non-hydrogen) atoms. The van der Waals surface area contributed by atoms with Crippen LogP contribution in [0.4, 0.5) is 5.95 Å². The van der Waals surface area contributed by atoms with E-state index < -0.39 is 0 Å². The van der Waals surface area contributed by atoms with E-state index in [2.05, 4.69) is 28.5 Å². The van der Waals surface area contributed by atoms with Gasteiger partial charge in [0.1, 0.15) is 0 Å². The van der Waals surface area contributed by atoms with E-state index in [1.54, 1.807) is 4.57 Å². The molecule has 5 heteroatoms. The van der Waals surface area contributed by atoms with Crippen LogP contribution >= 0.6 is 0 Å². The zero-order valence-electron chi connectivity index (χ0n) is 15.8. The van der Waals surface area contributed by atoms with Crippen molar-refractivity contribution in [3.63, 3.8) is 0 Å². The number of aryl methyl sites for hydroxylation is 1. The molecule has 0 bridgehead atoms. The van der Waals surface area contributed by atoms with Crippen molar-refractivity contribution in [1.29, 1.82) is 0 Å². The van der Waals surface area contributed by atoms with Gasteiger partial charge in [0.25, 0.3) is 5.56 Å². The minimum absolute atomic E-state index is 0.102. The van der Waals surface area contributed by atoms with Crippen molar-refractivity contribution < 1.29 is 0 Å². The van der Waals surface area contributed by atoms with Gasteiger partial charge in [-0.15, -0.1) is 0 Å². The minimum Gasteiger partial charge on any atom is -0.268 e. The lowest BCUT2D eigenvalue weighted by Crippen LogP contribution is -2.23. The van der Waals surface area contributed by atoms with Gasteiger partial charge in [-0.2, -0.15) is 5.10 Å². The molecule has 0 amide bonds. The number of hydrazone groups is 1. The van der Waals surface area contributed by atoms with E-state index in [4.69, 9.17) is 0 Å².